The highest BCUT2D eigenvalue weighted by molar-refractivity contribution is 6.33. The van der Waals surface area contributed by atoms with Crippen LogP contribution in [0.4, 0.5) is 14.6 Å². The van der Waals surface area contributed by atoms with Crippen LogP contribution < -0.4 is 5.32 Å². The number of pyridine rings is 1. The maximum atomic E-state index is 13.8. The molecule has 3 aromatic rings. The first-order chi connectivity index (χ1) is 12.5. The number of anilines is 1. The van der Waals surface area contributed by atoms with Crippen LogP contribution in [0.1, 0.15) is 12.0 Å². The van der Waals surface area contributed by atoms with Gasteiger partial charge in [-0.2, -0.15) is 0 Å². The number of fused-ring (bicyclic) bond motifs is 1. The van der Waals surface area contributed by atoms with Crippen LogP contribution in [0.25, 0.3) is 16.8 Å². The number of hydrogen-bond acceptors (Lipinski definition) is 3. The third kappa shape index (κ3) is 2.93. The summed E-state index contributed by atoms with van der Waals surface area (Å²) in [4.78, 5) is 16.1. The number of benzene rings is 1. The van der Waals surface area contributed by atoms with Crippen molar-refractivity contribution in [1.29, 1.82) is 0 Å². The summed E-state index contributed by atoms with van der Waals surface area (Å²) in [6.45, 7) is -0.287. The predicted octanol–water partition coefficient (Wildman–Crippen LogP) is 3.58. The molecule has 0 bridgehead atoms. The highest BCUT2D eigenvalue weighted by Crippen LogP contribution is 2.35. The Bertz CT molecular complexity index is 1020. The fraction of sp³-hybridized carbons (Fsp3) is 0.222. The number of rotatable bonds is 4. The second-order valence-electron chi connectivity index (χ2n) is 6.21. The van der Waals surface area contributed by atoms with Crippen LogP contribution >= 0.6 is 11.6 Å². The zero-order chi connectivity index (χ0) is 18.4. The minimum absolute atomic E-state index is 0.0766. The number of aromatic nitrogens is 2. The molecule has 0 aliphatic heterocycles. The van der Waals surface area contributed by atoms with Gasteiger partial charge in [-0.1, -0.05) is 17.7 Å². The molecule has 2 heterocycles. The summed E-state index contributed by atoms with van der Waals surface area (Å²) in [6, 6.07) is 6.06. The third-order valence-corrected chi connectivity index (χ3v) is 4.76. The lowest BCUT2D eigenvalue weighted by molar-refractivity contribution is -0.117. The van der Waals surface area contributed by atoms with Gasteiger partial charge in [0.25, 0.3) is 0 Å². The Morgan fingerprint density at radius 2 is 2.12 bits per heavy atom. The van der Waals surface area contributed by atoms with Gasteiger partial charge in [-0.15, -0.1) is 0 Å². The number of hydrogen-bond donors (Lipinski definition) is 2. The second kappa shape index (κ2) is 6.34. The number of aliphatic hydroxyl groups is 1. The molecule has 1 aliphatic rings. The van der Waals surface area contributed by atoms with Gasteiger partial charge in [0.05, 0.1) is 23.7 Å². The normalized spacial score (nSPS) is 18.9. The fourth-order valence-electron chi connectivity index (χ4n) is 2.89. The van der Waals surface area contributed by atoms with Gasteiger partial charge >= 0.3 is 0 Å². The molecular weight excluding hydrogens is 364 g/mol. The SMILES string of the molecule is O=C(Nc1cn2cc(-c3c(CO)ccc(F)c3Cl)ccc2n1)C1CC1F. The minimum atomic E-state index is -1.08. The first-order valence-electron chi connectivity index (χ1n) is 7.99. The highest BCUT2D eigenvalue weighted by atomic mass is 35.5. The van der Waals surface area contributed by atoms with Crippen molar-refractivity contribution in [3.8, 4) is 11.1 Å². The van der Waals surface area contributed by atoms with Crippen molar-refractivity contribution in [1.82, 2.24) is 9.38 Å². The average molecular weight is 378 g/mol. The first-order valence-corrected chi connectivity index (χ1v) is 8.37. The predicted molar refractivity (Wildman–Crippen MR) is 93.2 cm³/mol. The van der Waals surface area contributed by atoms with Gasteiger partial charge < -0.3 is 14.8 Å². The maximum Gasteiger partial charge on any atom is 0.231 e. The molecule has 8 heteroatoms. The molecule has 26 heavy (non-hydrogen) atoms. The number of imidazole rings is 1. The number of aliphatic hydroxyl groups excluding tert-OH is 1. The molecule has 2 atom stereocenters. The molecule has 1 saturated carbocycles. The number of carbonyl (C=O) groups is 1. The van der Waals surface area contributed by atoms with Crippen LogP contribution in [0.3, 0.4) is 0 Å². The number of halogens is 3. The van der Waals surface area contributed by atoms with Gasteiger partial charge in [-0.3, -0.25) is 4.79 Å². The monoisotopic (exact) mass is 377 g/mol. The molecular formula is C18H14ClF2N3O2. The van der Waals surface area contributed by atoms with Gasteiger partial charge in [0.15, 0.2) is 5.82 Å². The van der Waals surface area contributed by atoms with Gasteiger partial charge in [-0.25, -0.2) is 13.8 Å². The molecule has 4 rings (SSSR count). The Morgan fingerprint density at radius 1 is 1.35 bits per heavy atom. The zero-order valence-corrected chi connectivity index (χ0v) is 14.2. The largest absolute Gasteiger partial charge is 0.392 e. The van der Waals surface area contributed by atoms with E-state index in [1.54, 1.807) is 28.9 Å². The number of nitrogens with one attached hydrogen (secondary N) is 1. The van der Waals surface area contributed by atoms with E-state index in [1.165, 1.54) is 12.1 Å². The number of amides is 1. The van der Waals surface area contributed by atoms with Gasteiger partial charge in [0, 0.05) is 17.3 Å². The molecule has 134 valence electrons. The smallest absolute Gasteiger partial charge is 0.231 e. The lowest BCUT2D eigenvalue weighted by atomic mass is 10.0. The van der Waals surface area contributed by atoms with E-state index in [9.17, 15) is 18.7 Å². The minimum Gasteiger partial charge on any atom is -0.392 e. The fourth-order valence-corrected chi connectivity index (χ4v) is 3.18. The average Bonchev–Trinajstić information content (AvgIpc) is 3.22. The van der Waals surface area contributed by atoms with Crippen molar-refractivity contribution < 1.29 is 18.7 Å². The topological polar surface area (TPSA) is 66.6 Å². The highest BCUT2D eigenvalue weighted by Gasteiger charge is 2.43. The Hall–Kier alpha value is -2.51. The molecule has 0 saturated heterocycles. The lowest BCUT2D eigenvalue weighted by Crippen LogP contribution is -2.15. The molecule has 2 unspecified atom stereocenters. The summed E-state index contributed by atoms with van der Waals surface area (Å²) in [7, 11) is 0. The van der Waals surface area contributed by atoms with Crippen molar-refractivity contribution in [2.24, 2.45) is 5.92 Å². The standard InChI is InChI=1S/C18H14ClF2N3O2/c19-17-12(20)3-1-10(8-25)16(17)9-2-4-15-22-14(7-24(15)6-9)23-18(26)11-5-13(11)21/h1-4,6-7,11,13,25H,5,8H2,(H,23,26). The first kappa shape index (κ1) is 16.9. The van der Waals surface area contributed by atoms with E-state index in [2.05, 4.69) is 10.3 Å². The van der Waals surface area contributed by atoms with Crippen molar-refractivity contribution in [3.63, 3.8) is 0 Å². The Morgan fingerprint density at radius 3 is 2.81 bits per heavy atom. The van der Waals surface area contributed by atoms with Crippen LogP contribution in [0.15, 0.2) is 36.7 Å². The maximum absolute atomic E-state index is 13.8. The van der Waals surface area contributed by atoms with E-state index in [0.717, 1.165) is 0 Å². The third-order valence-electron chi connectivity index (χ3n) is 4.39. The molecule has 1 fully saturated rings. The summed E-state index contributed by atoms with van der Waals surface area (Å²) in [6.07, 6.45) is 2.42. The van der Waals surface area contributed by atoms with Gasteiger partial charge in [0.2, 0.25) is 5.91 Å². The van der Waals surface area contributed by atoms with Crippen LogP contribution in [0.5, 0.6) is 0 Å². The summed E-state index contributed by atoms with van der Waals surface area (Å²) < 4.78 is 28.5. The molecule has 0 radical (unpaired) electrons. The lowest BCUT2D eigenvalue weighted by Gasteiger charge is -2.11. The van der Waals surface area contributed by atoms with Gasteiger partial charge in [0.1, 0.15) is 17.6 Å². The second-order valence-corrected chi connectivity index (χ2v) is 6.59. The molecule has 1 aromatic carbocycles. The number of carbonyl (C=O) groups excluding carboxylic acids is 1. The number of nitrogens with zero attached hydrogens (tertiary/aromatic N) is 2. The van der Waals surface area contributed by atoms with Crippen molar-refractivity contribution in [2.75, 3.05) is 5.32 Å². The molecule has 2 N–H and O–H groups in total. The van der Waals surface area contributed by atoms with E-state index in [-0.39, 0.29) is 18.1 Å². The van der Waals surface area contributed by atoms with E-state index in [4.69, 9.17) is 11.6 Å². The summed E-state index contributed by atoms with van der Waals surface area (Å²) in [5.74, 6) is -1.27. The summed E-state index contributed by atoms with van der Waals surface area (Å²) in [5.41, 5.74) is 2.03. The quantitative estimate of drug-likeness (QED) is 0.730. The van der Waals surface area contributed by atoms with Crippen molar-refractivity contribution in [3.05, 3.63) is 53.1 Å². The summed E-state index contributed by atoms with van der Waals surface area (Å²) >= 11 is 6.09. The Kier molecular flexibility index (Phi) is 4.13. The van der Waals surface area contributed by atoms with Crippen molar-refractivity contribution >= 4 is 29.0 Å². The number of alkyl halides is 1. The van der Waals surface area contributed by atoms with E-state index in [0.29, 0.717) is 28.2 Å². The van der Waals surface area contributed by atoms with Crippen LogP contribution in [-0.2, 0) is 11.4 Å². The Balaban J connectivity index is 1.70. The van der Waals surface area contributed by atoms with Gasteiger partial charge in [-0.05, 0) is 30.2 Å². The molecule has 1 aliphatic carbocycles. The molecule has 2 aromatic heterocycles. The summed E-state index contributed by atoms with van der Waals surface area (Å²) in [5, 5.41) is 12.0. The Labute approximate surface area is 152 Å². The van der Waals surface area contributed by atoms with Crippen molar-refractivity contribution in [2.45, 2.75) is 19.2 Å². The van der Waals surface area contributed by atoms with E-state index < -0.39 is 23.8 Å². The van der Waals surface area contributed by atoms with Crippen LogP contribution in [-0.4, -0.2) is 26.6 Å². The zero-order valence-electron chi connectivity index (χ0n) is 13.4. The van der Waals surface area contributed by atoms with E-state index >= 15 is 0 Å². The van der Waals surface area contributed by atoms with Crippen LogP contribution in [0, 0.1) is 11.7 Å². The van der Waals surface area contributed by atoms with Crippen LogP contribution in [0.2, 0.25) is 5.02 Å². The molecule has 0 spiro atoms. The molecule has 5 nitrogen and oxygen atoms in total. The molecule has 1 amide bonds. The van der Waals surface area contributed by atoms with E-state index in [1.807, 2.05) is 0 Å².